The number of hydrogen-bond donors (Lipinski definition) is 0. The van der Waals surface area contributed by atoms with Crippen LogP contribution >= 0.6 is 34.2 Å². The molecular formula is C9H6ClF2IO. The van der Waals surface area contributed by atoms with E-state index in [-0.39, 0.29) is 11.1 Å². The van der Waals surface area contributed by atoms with Gasteiger partial charge in [-0.3, -0.25) is 4.79 Å². The normalized spacial score (nSPS) is 10.7. The standard InChI is InChI=1S/C9H6ClF2IO/c1-4(14)5-2-7(10)8(13)3-6(5)9(11)12/h2-3,9H,1H3. The number of ketones is 1. The lowest BCUT2D eigenvalue weighted by Crippen LogP contribution is -2.01. The molecule has 0 atom stereocenters. The van der Waals surface area contributed by atoms with Crippen molar-refractivity contribution in [3.63, 3.8) is 0 Å². The molecule has 0 heterocycles. The molecule has 1 aromatic rings. The lowest BCUT2D eigenvalue weighted by atomic mass is 10.1. The zero-order valence-electron chi connectivity index (χ0n) is 7.15. The van der Waals surface area contributed by atoms with Crippen molar-refractivity contribution in [3.05, 3.63) is 31.9 Å². The third kappa shape index (κ3) is 2.42. The summed E-state index contributed by atoms with van der Waals surface area (Å²) < 4.78 is 25.5. The monoisotopic (exact) mass is 330 g/mol. The average Bonchev–Trinajstić information content (AvgIpc) is 2.08. The molecule has 1 aromatic carbocycles. The number of carbonyl (C=O) groups is 1. The molecule has 0 saturated heterocycles. The first-order valence-electron chi connectivity index (χ1n) is 3.71. The maximum atomic E-state index is 12.5. The van der Waals surface area contributed by atoms with Gasteiger partial charge in [-0.1, -0.05) is 11.6 Å². The van der Waals surface area contributed by atoms with Crippen LogP contribution in [-0.2, 0) is 0 Å². The fourth-order valence-electron chi connectivity index (χ4n) is 1.05. The Balaban J connectivity index is 3.39. The highest BCUT2D eigenvalue weighted by Crippen LogP contribution is 2.29. The maximum absolute atomic E-state index is 12.5. The fraction of sp³-hybridized carbons (Fsp3) is 0.222. The van der Waals surface area contributed by atoms with Gasteiger partial charge in [-0.2, -0.15) is 0 Å². The Morgan fingerprint density at radius 3 is 2.50 bits per heavy atom. The molecule has 0 aliphatic carbocycles. The van der Waals surface area contributed by atoms with Crippen molar-refractivity contribution >= 4 is 40.0 Å². The quantitative estimate of drug-likeness (QED) is 0.590. The second kappa shape index (κ2) is 4.53. The Morgan fingerprint density at radius 1 is 1.50 bits per heavy atom. The Kier molecular flexibility index (Phi) is 3.83. The van der Waals surface area contributed by atoms with Gasteiger partial charge in [-0.05, 0) is 41.6 Å². The summed E-state index contributed by atoms with van der Waals surface area (Å²) in [6, 6.07) is 2.53. The maximum Gasteiger partial charge on any atom is 0.264 e. The molecule has 0 amide bonds. The predicted molar refractivity (Wildman–Crippen MR) is 59.1 cm³/mol. The molecule has 1 rings (SSSR count). The zero-order valence-corrected chi connectivity index (χ0v) is 10.1. The number of Topliss-reactive ketones (excluding diaryl/α,β-unsaturated/α-hetero) is 1. The second-order valence-electron chi connectivity index (χ2n) is 2.71. The highest BCUT2D eigenvalue weighted by Gasteiger charge is 2.17. The molecule has 0 radical (unpaired) electrons. The summed E-state index contributed by atoms with van der Waals surface area (Å²) in [5.74, 6) is -0.404. The second-order valence-corrected chi connectivity index (χ2v) is 4.28. The highest BCUT2D eigenvalue weighted by molar-refractivity contribution is 14.1. The molecule has 0 N–H and O–H groups in total. The first-order valence-corrected chi connectivity index (χ1v) is 5.17. The van der Waals surface area contributed by atoms with Crippen LogP contribution in [0.25, 0.3) is 0 Å². The van der Waals surface area contributed by atoms with Crippen LogP contribution in [0.15, 0.2) is 12.1 Å². The SMILES string of the molecule is CC(=O)c1cc(Cl)c(I)cc1C(F)F. The van der Waals surface area contributed by atoms with Crippen molar-refractivity contribution in [2.75, 3.05) is 0 Å². The Bertz CT molecular complexity index is 379. The van der Waals surface area contributed by atoms with Crippen molar-refractivity contribution in [3.8, 4) is 0 Å². The first kappa shape index (κ1) is 11.8. The van der Waals surface area contributed by atoms with Gasteiger partial charge in [0, 0.05) is 14.7 Å². The van der Waals surface area contributed by atoms with E-state index in [1.54, 1.807) is 0 Å². The van der Waals surface area contributed by atoms with Crippen LogP contribution in [0.4, 0.5) is 8.78 Å². The van der Waals surface area contributed by atoms with Crippen molar-refractivity contribution in [2.45, 2.75) is 13.3 Å². The first-order chi connectivity index (χ1) is 6.43. The van der Waals surface area contributed by atoms with Gasteiger partial charge in [0.2, 0.25) is 0 Å². The summed E-state index contributed by atoms with van der Waals surface area (Å²) in [5, 5.41) is 0.320. The minimum Gasteiger partial charge on any atom is -0.294 e. The topological polar surface area (TPSA) is 17.1 Å². The molecule has 76 valence electrons. The van der Waals surface area contributed by atoms with Crippen LogP contribution in [0.2, 0.25) is 5.02 Å². The molecule has 14 heavy (non-hydrogen) atoms. The molecule has 0 spiro atoms. The van der Waals surface area contributed by atoms with Gasteiger partial charge in [0.25, 0.3) is 6.43 Å². The summed E-state index contributed by atoms with van der Waals surface area (Å²) >= 11 is 7.58. The van der Waals surface area contributed by atoms with Crippen molar-refractivity contribution in [2.24, 2.45) is 0 Å². The largest absolute Gasteiger partial charge is 0.294 e. The smallest absolute Gasteiger partial charge is 0.264 e. The summed E-state index contributed by atoms with van der Waals surface area (Å²) in [4.78, 5) is 11.0. The molecule has 0 unspecified atom stereocenters. The number of halogens is 4. The lowest BCUT2D eigenvalue weighted by molar-refractivity contribution is 0.0999. The van der Waals surface area contributed by atoms with Gasteiger partial charge in [0.05, 0.1) is 5.02 Å². The number of alkyl halides is 2. The molecule has 0 fully saturated rings. The third-order valence-electron chi connectivity index (χ3n) is 1.71. The minimum absolute atomic E-state index is 0.00887. The molecule has 0 aromatic heterocycles. The fourth-order valence-corrected chi connectivity index (χ4v) is 1.70. The van der Waals surface area contributed by atoms with Crippen LogP contribution in [0.3, 0.4) is 0 Å². The third-order valence-corrected chi connectivity index (χ3v) is 3.23. The summed E-state index contributed by atoms with van der Waals surface area (Å²) in [5.41, 5.74) is -0.267. The van der Waals surface area contributed by atoms with E-state index in [1.807, 2.05) is 22.6 Å². The summed E-state index contributed by atoms with van der Waals surface area (Å²) in [6.07, 6.45) is -2.65. The molecule has 1 nitrogen and oxygen atoms in total. The zero-order chi connectivity index (χ0) is 10.9. The van der Waals surface area contributed by atoms with Crippen LogP contribution in [-0.4, -0.2) is 5.78 Å². The van der Waals surface area contributed by atoms with Crippen molar-refractivity contribution < 1.29 is 13.6 Å². The number of hydrogen-bond acceptors (Lipinski definition) is 1. The number of carbonyl (C=O) groups excluding carboxylic acids is 1. The Hall–Kier alpha value is -0.230. The van der Waals surface area contributed by atoms with E-state index in [9.17, 15) is 13.6 Å². The van der Waals surface area contributed by atoms with E-state index >= 15 is 0 Å². The number of rotatable bonds is 2. The van der Waals surface area contributed by atoms with Gasteiger partial charge in [0.15, 0.2) is 5.78 Å². The van der Waals surface area contributed by atoms with E-state index in [4.69, 9.17) is 11.6 Å². The van der Waals surface area contributed by atoms with Gasteiger partial charge >= 0.3 is 0 Å². The molecule has 0 aliphatic heterocycles. The van der Waals surface area contributed by atoms with E-state index < -0.39 is 12.2 Å². The van der Waals surface area contributed by atoms with Crippen LogP contribution in [0, 0.1) is 3.57 Å². The van der Waals surface area contributed by atoms with Crippen LogP contribution < -0.4 is 0 Å². The van der Waals surface area contributed by atoms with Crippen LogP contribution in [0.5, 0.6) is 0 Å². The molecule has 5 heteroatoms. The lowest BCUT2D eigenvalue weighted by Gasteiger charge is -2.07. The Labute approximate surface area is 98.6 Å². The highest BCUT2D eigenvalue weighted by atomic mass is 127. The van der Waals surface area contributed by atoms with Gasteiger partial charge in [-0.25, -0.2) is 8.78 Å². The molecule has 0 saturated carbocycles. The van der Waals surface area contributed by atoms with Crippen molar-refractivity contribution in [1.29, 1.82) is 0 Å². The van der Waals surface area contributed by atoms with E-state index in [0.29, 0.717) is 8.59 Å². The average molecular weight is 330 g/mol. The molecular weight excluding hydrogens is 324 g/mol. The molecule has 0 bridgehead atoms. The minimum atomic E-state index is -2.65. The summed E-state index contributed by atoms with van der Waals surface area (Å²) in [7, 11) is 0. The Morgan fingerprint density at radius 2 is 2.07 bits per heavy atom. The predicted octanol–water partition coefficient (Wildman–Crippen LogP) is 4.08. The van der Waals surface area contributed by atoms with E-state index in [0.717, 1.165) is 0 Å². The number of benzene rings is 1. The van der Waals surface area contributed by atoms with E-state index in [1.165, 1.54) is 19.1 Å². The van der Waals surface area contributed by atoms with Crippen LogP contribution in [0.1, 0.15) is 29.3 Å². The van der Waals surface area contributed by atoms with Gasteiger partial charge < -0.3 is 0 Å². The van der Waals surface area contributed by atoms with Gasteiger partial charge in [-0.15, -0.1) is 0 Å². The molecule has 0 aliphatic rings. The van der Waals surface area contributed by atoms with E-state index in [2.05, 4.69) is 0 Å². The summed E-state index contributed by atoms with van der Waals surface area (Å²) in [6.45, 7) is 1.24. The van der Waals surface area contributed by atoms with Crippen molar-refractivity contribution in [1.82, 2.24) is 0 Å². The van der Waals surface area contributed by atoms with Gasteiger partial charge in [0.1, 0.15) is 0 Å².